The lowest BCUT2D eigenvalue weighted by atomic mass is 10.1. The molecular weight excluding hydrogens is 396 g/mol. The smallest absolute Gasteiger partial charge is 0.312 e. The van der Waals surface area contributed by atoms with Crippen LogP contribution in [0.15, 0.2) is 18.2 Å². The second kappa shape index (κ2) is 10.9. The summed E-state index contributed by atoms with van der Waals surface area (Å²) >= 11 is 5.92. The number of benzene rings is 1. The summed E-state index contributed by atoms with van der Waals surface area (Å²) < 4.78 is 0. The van der Waals surface area contributed by atoms with Gasteiger partial charge in [-0.05, 0) is 43.9 Å². The Hall–Kier alpha value is -2.48. The molecule has 1 aliphatic carbocycles. The van der Waals surface area contributed by atoms with Gasteiger partial charge in [0.1, 0.15) is 11.8 Å². The first-order valence-electron chi connectivity index (χ1n) is 9.93. The standard InChI is InChI=1S/C20H29ClN4O4/c1-2-3-5-16(25-20(22)29)19(28)24-15-7-4-6-14(15)23-18(27)11-12-10-13(21)8-9-17(12)26/h8-10,14-16,26H,2-7,11H2,1H3,(H,23,27)(H,24,28)(H3,22,25,29)/t14-,15+,16?/m1/s1. The van der Waals surface area contributed by atoms with Crippen LogP contribution < -0.4 is 21.7 Å². The van der Waals surface area contributed by atoms with Gasteiger partial charge in [0.05, 0.1) is 6.42 Å². The molecule has 6 N–H and O–H groups in total. The number of halogens is 1. The molecule has 3 atom stereocenters. The lowest BCUT2D eigenvalue weighted by Crippen LogP contribution is -2.55. The fourth-order valence-corrected chi connectivity index (χ4v) is 3.76. The third-order valence-electron chi connectivity index (χ3n) is 5.06. The predicted molar refractivity (Wildman–Crippen MR) is 111 cm³/mol. The summed E-state index contributed by atoms with van der Waals surface area (Å²) in [6, 6.07) is 2.69. The Bertz CT molecular complexity index is 743. The van der Waals surface area contributed by atoms with Gasteiger partial charge in [0.2, 0.25) is 11.8 Å². The molecule has 29 heavy (non-hydrogen) atoms. The highest BCUT2D eigenvalue weighted by Crippen LogP contribution is 2.23. The van der Waals surface area contributed by atoms with Crippen molar-refractivity contribution < 1.29 is 19.5 Å². The highest BCUT2D eigenvalue weighted by atomic mass is 35.5. The number of nitrogens with one attached hydrogen (secondary N) is 3. The zero-order valence-corrected chi connectivity index (χ0v) is 17.3. The van der Waals surface area contributed by atoms with Crippen molar-refractivity contribution in [3.63, 3.8) is 0 Å². The number of phenols is 1. The van der Waals surface area contributed by atoms with Crippen LogP contribution in [0.3, 0.4) is 0 Å². The van der Waals surface area contributed by atoms with Gasteiger partial charge in [-0.15, -0.1) is 0 Å². The highest BCUT2D eigenvalue weighted by molar-refractivity contribution is 6.30. The number of primary amides is 1. The Balaban J connectivity index is 1.94. The molecule has 1 aromatic rings. The molecular formula is C20H29ClN4O4. The minimum absolute atomic E-state index is 0.00802. The van der Waals surface area contributed by atoms with Crippen LogP contribution in [0, 0.1) is 0 Å². The normalized spacial score (nSPS) is 19.4. The van der Waals surface area contributed by atoms with E-state index < -0.39 is 12.1 Å². The van der Waals surface area contributed by atoms with Crippen molar-refractivity contribution >= 4 is 29.4 Å². The van der Waals surface area contributed by atoms with Gasteiger partial charge in [0.25, 0.3) is 0 Å². The summed E-state index contributed by atoms with van der Waals surface area (Å²) in [7, 11) is 0. The van der Waals surface area contributed by atoms with Crippen molar-refractivity contribution in [2.75, 3.05) is 0 Å². The van der Waals surface area contributed by atoms with E-state index in [4.69, 9.17) is 17.3 Å². The average molecular weight is 425 g/mol. The maximum absolute atomic E-state index is 12.6. The fraction of sp³-hybridized carbons (Fsp3) is 0.550. The van der Waals surface area contributed by atoms with Gasteiger partial charge in [-0.2, -0.15) is 0 Å². The van der Waals surface area contributed by atoms with E-state index in [0.29, 0.717) is 17.0 Å². The maximum Gasteiger partial charge on any atom is 0.312 e. The van der Waals surface area contributed by atoms with E-state index in [1.54, 1.807) is 12.1 Å². The van der Waals surface area contributed by atoms with Gasteiger partial charge in [-0.25, -0.2) is 4.79 Å². The topological polar surface area (TPSA) is 134 Å². The molecule has 2 rings (SSSR count). The Morgan fingerprint density at radius 2 is 1.93 bits per heavy atom. The van der Waals surface area contributed by atoms with Crippen molar-refractivity contribution in [3.8, 4) is 5.75 Å². The van der Waals surface area contributed by atoms with Crippen LogP contribution in [0.5, 0.6) is 5.75 Å². The maximum atomic E-state index is 12.6. The van der Waals surface area contributed by atoms with Crippen LogP contribution in [0.25, 0.3) is 0 Å². The first-order valence-corrected chi connectivity index (χ1v) is 10.3. The highest BCUT2D eigenvalue weighted by Gasteiger charge is 2.32. The molecule has 0 heterocycles. The lowest BCUT2D eigenvalue weighted by Gasteiger charge is -2.25. The zero-order chi connectivity index (χ0) is 21.4. The van der Waals surface area contributed by atoms with Crippen LogP contribution in [-0.2, 0) is 16.0 Å². The number of hydrogen-bond acceptors (Lipinski definition) is 4. The molecule has 1 aromatic carbocycles. The van der Waals surface area contributed by atoms with E-state index >= 15 is 0 Å². The van der Waals surface area contributed by atoms with Crippen LogP contribution in [0.4, 0.5) is 4.79 Å². The molecule has 160 valence electrons. The fourth-order valence-electron chi connectivity index (χ4n) is 3.56. The summed E-state index contributed by atoms with van der Waals surface area (Å²) in [4.78, 5) is 36.2. The van der Waals surface area contributed by atoms with E-state index in [0.717, 1.165) is 32.1 Å². The van der Waals surface area contributed by atoms with E-state index in [9.17, 15) is 19.5 Å². The molecule has 0 aliphatic heterocycles. The third-order valence-corrected chi connectivity index (χ3v) is 5.30. The predicted octanol–water partition coefficient (Wildman–Crippen LogP) is 1.97. The van der Waals surface area contributed by atoms with Gasteiger partial charge in [-0.1, -0.05) is 31.4 Å². The lowest BCUT2D eigenvalue weighted by molar-refractivity contribution is -0.125. The Morgan fingerprint density at radius 3 is 2.59 bits per heavy atom. The van der Waals surface area contributed by atoms with Crippen LogP contribution >= 0.6 is 11.6 Å². The van der Waals surface area contributed by atoms with Crippen LogP contribution in [0.1, 0.15) is 51.0 Å². The van der Waals surface area contributed by atoms with E-state index in [1.165, 1.54) is 6.07 Å². The van der Waals surface area contributed by atoms with Gasteiger partial charge >= 0.3 is 6.03 Å². The van der Waals surface area contributed by atoms with Crippen molar-refractivity contribution in [1.82, 2.24) is 16.0 Å². The van der Waals surface area contributed by atoms with E-state index in [1.807, 2.05) is 6.92 Å². The Labute approximate surface area is 175 Å². The van der Waals surface area contributed by atoms with Crippen molar-refractivity contribution in [3.05, 3.63) is 28.8 Å². The molecule has 8 nitrogen and oxygen atoms in total. The van der Waals surface area contributed by atoms with Crippen molar-refractivity contribution in [2.24, 2.45) is 5.73 Å². The van der Waals surface area contributed by atoms with Gasteiger partial charge < -0.3 is 26.8 Å². The minimum atomic E-state index is -0.737. The quantitative estimate of drug-likeness (QED) is 0.414. The summed E-state index contributed by atoms with van der Waals surface area (Å²) in [6.07, 6.45) is 4.50. The van der Waals surface area contributed by atoms with E-state index in [2.05, 4.69) is 16.0 Å². The summed E-state index contributed by atoms with van der Waals surface area (Å²) in [5.74, 6) is -0.542. The molecule has 9 heteroatoms. The van der Waals surface area contributed by atoms with Gasteiger partial charge in [0.15, 0.2) is 0 Å². The number of aromatic hydroxyl groups is 1. The first-order chi connectivity index (χ1) is 13.8. The summed E-state index contributed by atoms with van der Waals surface area (Å²) in [5.41, 5.74) is 5.63. The Morgan fingerprint density at radius 1 is 1.24 bits per heavy atom. The molecule has 0 aromatic heterocycles. The minimum Gasteiger partial charge on any atom is -0.508 e. The summed E-state index contributed by atoms with van der Waals surface area (Å²) in [6.45, 7) is 2.00. The van der Waals surface area contributed by atoms with Crippen molar-refractivity contribution in [1.29, 1.82) is 0 Å². The molecule has 0 saturated heterocycles. The Kier molecular flexibility index (Phi) is 8.57. The molecule has 0 spiro atoms. The third kappa shape index (κ3) is 7.12. The summed E-state index contributed by atoms with van der Waals surface area (Å²) in [5, 5.41) is 18.7. The molecule has 1 unspecified atom stereocenters. The number of carbonyl (C=O) groups excluding carboxylic acids is 3. The number of amides is 4. The molecule has 4 amide bonds. The molecule has 1 aliphatic rings. The van der Waals surface area contributed by atoms with E-state index in [-0.39, 0.29) is 36.1 Å². The number of hydrogen-bond donors (Lipinski definition) is 5. The number of rotatable bonds is 9. The monoisotopic (exact) mass is 424 g/mol. The molecule has 1 fully saturated rings. The van der Waals surface area contributed by atoms with Crippen LogP contribution in [-0.4, -0.2) is 41.1 Å². The van der Waals surface area contributed by atoms with Gasteiger partial charge in [0, 0.05) is 22.7 Å². The van der Waals surface area contributed by atoms with Crippen LogP contribution in [0.2, 0.25) is 5.02 Å². The number of phenolic OH excluding ortho intramolecular Hbond substituents is 1. The molecule has 0 radical (unpaired) electrons. The number of unbranched alkanes of at least 4 members (excludes halogenated alkanes) is 1. The van der Waals surface area contributed by atoms with Crippen molar-refractivity contribution in [2.45, 2.75) is 70.0 Å². The largest absolute Gasteiger partial charge is 0.508 e. The zero-order valence-electron chi connectivity index (χ0n) is 16.5. The number of carbonyl (C=O) groups is 3. The molecule has 1 saturated carbocycles. The second-order valence-corrected chi connectivity index (χ2v) is 7.81. The first kappa shape index (κ1) is 22.8. The number of nitrogens with two attached hydrogens (primary N) is 1. The SMILES string of the molecule is CCCCC(NC(N)=O)C(=O)N[C@H]1CCC[C@H]1NC(=O)Cc1cc(Cl)ccc1O. The second-order valence-electron chi connectivity index (χ2n) is 7.37. The average Bonchev–Trinajstić information content (AvgIpc) is 3.07. The van der Waals surface area contributed by atoms with Gasteiger partial charge in [-0.3, -0.25) is 9.59 Å². The number of urea groups is 1. The molecule has 0 bridgehead atoms.